The first-order valence-corrected chi connectivity index (χ1v) is 6.02. The van der Waals surface area contributed by atoms with Crippen molar-refractivity contribution in [1.29, 1.82) is 0 Å². The molecule has 0 aliphatic heterocycles. The second-order valence-corrected chi connectivity index (χ2v) is 4.43. The summed E-state index contributed by atoms with van der Waals surface area (Å²) in [6.45, 7) is 4.22. The van der Waals surface area contributed by atoms with Crippen LogP contribution in [0.3, 0.4) is 0 Å². The fourth-order valence-corrected chi connectivity index (χ4v) is 2.27. The molecule has 3 N–H and O–H groups in total. The summed E-state index contributed by atoms with van der Waals surface area (Å²) in [7, 11) is 0. The highest BCUT2D eigenvalue weighted by Crippen LogP contribution is 2.28. The maximum absolute atomic E-state index is 13.3. The fourth-order valence-electron chi connectivity index (χ4n) is 2.27. The summed E-state index contributed by atoms with van der Waals surface area (Å²) in [6, 6.07) is 15.4. The molecule has 0 saturated heterocycles. The SMILES string of the molecule is CCC(c1cccc(C)c1)c1cccc(F)c1.N. The summed E-state index contributed by atoms with van der Waals surface area (Å²) in [5.74, 6) is 0.124. The number of hydrogen-bond acceptors (Lipinski definition) is 1. The van der Waals surface area contributed by atoms with Gasteiger partial charge in [0.2, 0.25) is 0 Å². The normalized spacial score (nSPS) is 11.7. The van der Waals surface area contributed by atoms with Crippen LogP contribution < -0.4 is 6.15 Å². The van der Waals surface area contributed by atoms with E-state index in [1.165, 1.54) is 17.2 Å². The van der Waals surface area contributed by atoms with E-state index < -0.39 is 0 Å². The molecule has 18 heavy (non-hydrogen) atoms. The molecule has 2 rings (SSSR count). The number of hydrogen-bond donors (Lipinski definition) is 1. The predicted molar refractivity (Wildman–Crippen MR) is 74.7 cm³/mol. The third kappa shape index (κ3) is 3.17. The van der Waals surface area contributed by atoms with Crippen LogP contribution in [0.4, 0.5) is 4.39 Å². The lowest BCUT2D eigenvalue weighted by Crippen LogP contribution is -2.00. The third-order valence-corrected chi connectivity index (χ3v) is 3.10. The highest BCUT2D eigenvalue weighted by Gasteiger charge is 2.12. The minimum absolute atomic E-state index is 0. The molecule has 0 aromatic heterocycles. The monoisotopic (exact) mass is 245 g/mol. The number of halogens is 1. The van der Waals surface area contributed by atoms with Gasteiger partial charge in [-0.05, 0) is 36.6 Å². The average Bonchev–Trinajstić information content (AvgIpc) is 2.30. The molecule has 1 unspecified atom stereocenters. The molecule has 0 aliphatic rings. The Morgan fingerprint density at radius 1 is 1.00 bits per heavy atom. The molecule has 2 aromatic rings. The summed E-state index contributed by atoms with van der Waals surface area (Å²) >= 11 is 0. The number of rotatable bonds is 3. The van der Waals surface area contributed by atoms with Crippen molar-refractivity contribution >= 4 is 0 Å². The molecule has 0 saturated carbocycles. The molecule has 2 heteroatoms. The van der Waals surface area contributed by atoms with Crippen molar-refractivity contribution in [3.05, 3.63) is 71.0 Å². The van der Waals surface area contributed by atoms with E-state index in [9.17, 15) is 4.39 Å². The lowest BCUT2D eigenvalue weighted by molar-refractivity contribution is 0.622. The van der Waals surface area contributed by atoms with Crippen LogP contribution in [0, 0.1) is 12.7 Å². The van der Waals surface area contributed by atoms with Gasteiger partial charge in [0.15, 0.2) is 0 Å². The average molecular weight is 245 g/mol. The Labute approximate surface area is 108 Å². The molecule has 0 bridgehead atoms. The summed E-state index contributed by atoms with van der Waals surface area (Å²) in [4.78, 5) is 0. The van der Waals surface area contributed by atoms with Gasteiger partial charge in [0.25, 0.3) is 0 Å². The quantitative estimate of drug-likeness (QED) is 0.825. The second kappa shape index (κ2) is 6.31. The molecule has 96 valence electrons. The van der Waals surface area contributed by atoms with Crippen LogP contribution in [0.15, 0.2) is 48.5 Å². The largest absolute Gasteiger partial charge is 0.344 e. The van der Waals surface area contributed by atoms with Gasteiger partial charge in [-0.15, -0.1) is 0 Å². The Morgan fingerprint density at radius 2 is 1.61 bits per heavy atom. The lowest BCUT2D eigenvalue weighted by atomic mass is 9.88. The van der Waals surface area contributed by atoms with Gasteiger partial charge in [0.1, 0.15) is 5.82 Å². The fraction of sp³-hybridized carbons (Fsp3) is 0.250. The van der Waals surface area contributed by atoms with Gasteiger partial charge in [-0.1, -0.05) is 48.9 Å². The van der Waals surface area contributed by atoms with Gasteiger partial charge in [-0.25, -0.2) is 4.39 Å². The maximum Gasteiger partial charge on any atom is 0.123 e. The topological polar surface area (TPSA) is 35.0 Å². The smallest absolute Gasteiger partial charge is 0.123 e. The molecule has 0 aliphatic carbocycles. The molecule has 0 radical (unpaired) electrons. The summed E-state index contributed by atoms with van der Waals surface area (Å²) in [5, 5.41) is 0. The summed E-state index contributed by atoms with van der Waals surface area (Å²) < 4.78 is 13.3. The Hall–Kier alpha value is -1.67. The summed E-state index contributed by atoms with van der Waals surface area (Å²) in [5.41, 5.74) is 3.56. The van der Waals surface area contributed by atoms with Crippen LogP contribution in [-0.4, -0.2) is 0 Å². The molecule has 0 fully saturated rings. The van der Waals surface area contributed by atoms with Gasteiger partial charge in [0.05, 0.1) is 0 Å². The van der Waals surface area contributed by atoms with Crippen molar-refractivity contribution in [2.45, 2.75) is 26.2 Å². The maximum atomic E-state index is 13.3. The Kier molecular flexibility index (Phi) is 5.05. The van der Waals surface area contributed by atoms with Gasteiger partial charge in [0, 0.05) is 5.92 Å². The van der Waals surface area contributed by atoms with Gasteiger partial charge >= 0.3 is 0 Å². The zero-order valence-corrected chi connectivity index (χ0v) is 11.0. The van der Waals surface area contributed by atoms with E-state index in [2.05, 4.69) is 38.1 Å². The lowest BCUT2D eigenvalue weighted by Gasteiger charge is -2.16. The van der Waals surface area contributed by atoms with Crippen molar-refractivity contribution < 1.29 is 4.39 Å². The molecule has 0 amide bonds. The summed E-state index contributed by atoms with van der Waals surface area (Å²) in [6.07, 6.45) is 0.979. The van der Waals surface area contributed by atoms with Crippen LogP contribution >= 0.6 is 0 Å². The van der Waals surface area contributed by atoms with Crippen molar-refractivity contribution in [1.82, 2.24) is 6.15 Å². The van der Waals surface area contributed by atoms with E-state index in [0.717, 1.165) is 12.0 Å². The van der Waals surface area contributed by atoms with Crippen LogP contribution in [0.5, 0.6) is 0 Å². The molecule has 0 spiro atoms. The predicted octanol–water partition coefficient (Wildman–Crippen LogP) is 4.84. The molecule has 1 nitrogen and oxygen atoms in total. The molecule has 2 aromatic carbocycles. The van der Waals surface area contributed by atoms with Crippen molar-refractivity contribution in [2.75, 3.05) is 0 Å². The highest BCUT2D eigenvalue weighted by atomic mass is 19.1. The van der Waals surface area contributed by atoms with Crippen molar-refractivity contribution in [3.8, 4) is 0 Å². The number of benzene rings is 2. The van der Waals surface area contributed by atoms with E-state index in [0.29, 0.717) is 0 Å². The van der Waals surface area contributed by atoms with Gasteiger partial charge in [-0.2, -0.15) is 0 Å². The van der Waals surface area contributed by atoms with Crippen LogP contribution in [0.1, 0.15) is 36.0 Å². The van der Waals surface area contributed by atoms with Crippen LogP contribution in [0.25, 0.3) is 0 Å². The molecular weight excluding hydrogens is 225 g/mol. The van der Waals surface area contributed by atoms with E-state index in [1.807, 2.05) is 6.07 Å². The first-order valence-electron chi connectivity index (χ1n) is 6.02. The molecule has 0 heterocycles. The Bertz CT molecular complexity index is 462. The zero-order chi connectivity index (χ0) is 12.3. The van der Waals surface area contributed by atoms with Gasteiger partial charge < -0.3 is 6.15 Å². The van der Waals surface area contributed by atoms with Crippen LogP contribution in [-0.2, 0) is 0 Å². The second-order valence-electron chi connectivity index (χ2n) is 4.43. The van der Waals surface area contributed by atoms with E-state index in [1.54, 1.807) is 12.1 Å². The first-order chi connectivity index (χ1) is 8.20. The zero-order valence-electron chi connectivity index (χ0n) is 11.0. The van der Waals surface area contributed by atoms with Crippen molar-refractivity contribution in [3.63, 3.8) is 0 Å². The van der Waals surface area contributed by atoms with E-state index in [-0.39, 0.29) is 17.9 Å². The molecule has 1 atom stereocenters. The highest BCUT2D eigenvalue weighted by molar-refractivity contribution is 5.34. The minimum Gasteiger partial charge on any atom is -0.344 e. The van der Waals surface area contributed by atoms with E-state index in [4.69, 9.17) is 0 Å². The van der Waals surface area contributed by atoms with E-state index >= 15 is 0 Å². The Balaban J connectivity index is 0.00000162. The van der Waals surface area contributed by atoms with Crippen LogP contribution in [0.2, 0.25) is 0 Å². The first kappa shape index (κ1) is 14.4. The Morgan fingerprint density at radius 3 is 2.17 bits per heavy atom. The molecular formula is C16H20FN. The van der Waals surface area contributed by atoms with Gasteiger partial charge in [-0.3, -0.25) is 0 Å². The minimum atomic E-state index is -0.159. The van der Waals surface area contributed by atoms with Crippen molar-refractivity contribution in [2.24, 2.45) is 0 Å². The standard InChI is InChI=1S/C16H17F.H3N/c1-3-16(13-7-4-6-12(2)10-13)14-8-5-9-15(17)11-14;/h4-11,16H,3H2,1-2H3;1H3. The number of aryl methyl sites for hydroxylation is 1. The third-order valence-electron chi connectivity index (χ3n) is 3.10.